The highest BCUT2D eigenvalue weighted by molar-refractivity contribution is 7.13. The number of hydrogen-bond donors (Lipinski definition) is 2. The first kappa shape index (κ1) is 18.1. The number of fused-ring (bicyclic) bond motifs is 1. The molecule has 0 aliphatic rings. The number of thiophene rings is 1. The van der Waals surface area contributed by atoms with Crippen LogP contribution in [0.1, 0.15) is 24.2 Å². The van der Waals surface area contributed by atoms with Gasteiger partial charge in [-0.1, -0.05) is 18.2 Å². The summed E-state index contributed by atoms with van der Waals surface area (Å²) >= 11 is 1.56. The van der Waals surface area contributed by atoms with Crippen LogP contribution in [-0.4, -0.2) is 20.5 Å². The second kappa shape index (κ2) is 7.40. The predicted molar refractivity (Wildman–Crippen MR) is 106 cm³/mol. The van der Waals surface area contributed by atoms with Crippen LogP contribution in [0.3, 0.4) is 0 Å². The molecule has 3 aromatic heterocycles. The summed E-state index contributed by atoms with van der Waals surface area (Å²) in [6.07, 6.45) is 0.124. The van der Waals surface area contributed by atoms with E-state index < -0.39 is 6.04 Å². The van der Waals surface area contributed by atoms with E-state index in [0.29, 0.717) is 16.9 Å². The molecular weight excluding hydrogens is 379 g/mol. The van der Waals surface area contributed by atoms with Crippen LogP contribution in [0.5, 0.6) is 0 Å². The van der Waals surface area contributed by atoms with Crippen molar-refractivity contribution in [3.63, 3.8) is 0 Å². The molecule has 0 aliphatic heterocycles. The maximum Gasteiger partial charge on any atom is 0.272 e. The first-order valence-corrected chi connectivity index (χ1v) is 9.58. The smallest absolute Gasteiger partial charge is 0.272 e. The summed E-state index contributed by atoms with van der Waals surface area (Å²) < 4.78 is 14.4. The van der Waals surface area contributed by atoms with Gasteiger partial charge in [0.15, 0.2) is 5.65 Å². The van der Waals surface area contributed by atoms with E-state index in [1.807, 2.05) is 23.6 Å². The molecule has 1 aromatic carbocycles. The Kier molecular flexibility index (Phi) is 4.79. The van der Waals surface area contributed by atoms with E-state index in [9.17, 15) is 14.0 Å². The molecule has 1 amide bonds. The third kappa shape index (κ3) is 3.72. The summed E-state index contributed by atoms with van der Waals surface area (Å²) in [5.74, 6) is -0.571. The van der Waals surface area contributed by atoms with Crippen LogP contribution in [0, 0.1) is 5.82 Å². The van der Waals surface area contributed by atoms with E-state index in [1.165, 1.54) is 22.7 Å². The van der Waals surface area contributed by atoms with Gasteiger partial charge in [0.2, 0.25) is 5.91 Å². The predicted octanol–water partition coefficient (Wildman–Crippen LogP) is 3.31. The summed E-state index contributed by atoms with van der Waals surface area (Å²) in [6.45, 7) is 1.77. The molecule has 8 heteroatoms. The molecule has 0 unspecified atom stereocenters. The first-order chi connectivity index (χ1) is 13.5. The van der Waals surface area contributed by atoms with E-state index in [0.717, 1.165) is 10.6 Å². The fraction of sp³-hybridized carbons (Fsp3) is 0.150. The molecule has 0 saturated heterocycles. The highest BCUT2D eigenvalue weighted by atomic mass is 32.1. The molecule has 0 radical (unpaired) electrons. The Labute approximate surface area is 163 Å². The number of H-pyrrole nitrogens is 1. The van der Waals surface area contributed by atoms with Crippen molar-refractivity contribution >= 4 is 22.9 Å². The normalized spacial score (nSPS) is 12.2. The summed E-state index contributed by atoms with van der Waals surface area (Å²) in [7, 11) is 0. The number of amides is 1. The zero-order chi connectivity index (χ0) is 19.7. The van der Waals surface area contributed by atoms with Gasteiger partial charge in [0, 0.05) is 12.1 Å². The summed E-state index contributed by atoms with van der Waals surface area (Å²) in [4.78, 5) is 30.2. The van der Waals surface area contributed by atoms with Crippen LogP contribution in [0.4, 0.5) is 4.39 Å². The topological polar surface area (TPSA) is 79.3 Å². The number of hydrogen-bond acceptors (Lipinski definition) is 4. The number of carbonyl (C=O) groups excluding carboxylic acids is 1. The number of halogens is 1. The van der Waals surface area contributed by atoms with Gasteiger partial charge in [-0.2, -0.15) is 0 Å². The number of benzene rings is 1. The van der Waals surface area contributed by atoms with Gasteiger partial charge in [0.05, 0.1) is 28.7 Å². The quantitative estimate of drug-likeness (QED) is 0.543. The van der Waals surface area contributed by atoms with Crippen LogP contribution in [0.2, 0.25) is 0 Å². The van der Waals surface area contributed by atoms with Gasteiger partial charge >= 0.3 is 0 Å². The lowest BCUT2D eigenvalue weighted by atomic mass is 10.1. The van der Waals surface area contributed by atoms with Gasteiger partial charge in [-0.25, -0.2) is 13.9 Å². The van der Waals surface area contributed by atoms with Crippen LogP contribution >= 0.6 is 11.3 Å². The van der Waals surface area contributed by atoms with E-state index in [1.54, 1.807) is 30.4 Å². The van der Waals surface area contributed by atoms with Crippen molar-refractivity contribution in [2.45, 2.75) is 19.4 Å². The molecule has 0 spiro atoms. The summed E-state index contributed by atoms with van der Waals surface area (Å²) in [5, 5.41) is 7.84. The SMILES string of the molecule is C[C@@H](NC(=O)Cc1ccc(F)cc1)c1cc(=O)n2[nH]c(-c3cccs3)cc2n1. The van der Waals surface area contributed by atoms with Gasteiger partial charge in [0.1, 0.15) is 5.82 Å². The fourth-order valence-electron chi connectivity index (χ4n) is 2.94. The molecule has 28 heavy (non-hydrogen) atoms. The highest BCUT2D eigenvalue weighted by Crippen LogP contribution is 2.23. The standard InChI is InChI=1S/C20H17FN4O2S/c1-12(22-19(26)9-13-4-6-14(21)7-5-13)15-11-20(27)25-18(23-15)10-16(24-25)17-3-2-8-28-17/h2-8,10-12,24H,9H2,1H3,(H,22,26)/t12-/m1/s1. The number of carbonyl (C=O) groups is 1. The van der Waals surface area contributed by atoms with Gasteiger partial charge < -0.3 is 5.32 Å². The molecule has 3 heterocycles. The Bertz CT molecular complexity index is 1180. The fourth-order valence-corrected chi connectivity index (χ4v) is 3.64. The lowest BCUT2D eigenvalue weighted by Gasteiger charge is -2.13. The Morgan fingerprint density at radius 1 is 1.29 bits per heavy atom. The number of aromatic nitrogens is 3. The molecule has 0 saturated carbocycles. The maximum absolute atomic E-state index is 13.0. The van der Waals surface area contributed by atoms with E-state index in [2.05, 4.69) is 15.4 Å². The maximum atomic E-state index is 13.0. The van der Waals surface area contributed by atoms with Crippen molar-refractivity contribution in [2.24, 2.45) is 0 Å². The van der Waals surface area contributed by atoms with E-state index in [-0.39, 0.29) is 23.7 Å². The minimum absolute atomic E-state index is 0.124. The third-order valence-electron chi connectivity index (χ3n) is 4.36. The zero-order valence-electron chi connectivity index (χ0n) is 15.0. The molecule has 4 aromatic rings. The van der Waals surface area contributed by atoms with Crippen molar-refractivity contribution in [3.05, 3.63) is 81.3 Å². The average molecular weight is 396 g/mol. The molecule has 0 fully saturated rings. The van der Waals surface area contributed by atoms with E-state index >= 15 is 0 Å². The van der Waals surface area contributed by atoms with Crippen LogP contribution in [0.25, 0.3) is 16.2 Å². The van der Waals surface area contributed by atoms with Gasteiger partial charge in [0.25, 0.3) is 5.56 Å². The average Bonchev–Trinajstić information content (AvgIpc) is 3.32. The monoisotopic (exact) mass is 396 g/mol. The molecule has 4 rings (SSSR count). The number of aromatic amines is 1. The van der Waals surface area contributed by atoms with Crippen molar-refractivity contribution in [2.75, 3.05) is 0 Å². The number of nitrogens with one attached hydrogen (secondary N) is 2. The lowest BCUT2D eigenvalue weighted by Crippen LogP contribution is -2.30. The minimum atomic E-state index is -0.439. The number of nitrogens with zero attached hydrogens (tertiary/aromatic N) is 2. The highest BCUT2D eigenvalue weighted by Gasteiger charge is 2.15. The van der Waals surface area contributed by atoms with Crippen LogP contribution in [0.15, 0.2) is 58.7 Å². The van der Waals surface area contributed by atoms with Crippen molar-refractivity contribution < 1.29 is 9.18 Å². The van der Waals surface area contributed by atoms with Crippen molar-refractivity contribution in [3.8, 4) is 10.6 Å². The molecule has 0 aliphatic carbocycles. The largest absolute Gasteiger partial charge is 0.348 e. The molecule has 1 atom stereocenters. The van der Waals surface area contributed by atoms with Gasteiger partial charge in [-0.15, -0.1) is 11.3 Å². The Hall–Kier alpha value is -3.26. The third-order valence-corrected chi connectivity index (χ3v) is 5.26. The lowest BCUT2D eigenvalue weighted by molar-refractivity contribution is -0.121. The number of rotatable bonds is 5. The molecule has 142 valence electrons. The molecule has 6 nitrogen and oxygen atoms in total. The van der Waals surface area contributed by atoms with Crippen LogP contribution < -0.4 is 10.9 Å². The molecule has 0 bridgehead atoms. The Morgan fingerprint density at radius 2 is 2.07 bits per heavy atom. The summed E-state index contributed by atoms with van der Waals surface area (Å²) in [5.41, 5.74) is 2.24. The van der Waals surface area contributed by atoms with Gasteiger partial charge in [-0.05, 0) is 36.1 Å². The first-order valence-electron chi connectivity index (χ1n) is 8.70. The zero-order valence-corrected chi connectivity index (χ0v) is 15.8. The van der Waals surface area contributed by atoms with Gasteiger partial charge in [-0.3, -0.25) is 14.7 Å². The van der Waals surface area contributed by atoms with Crippen molar-refractivity contribution in [1.29, 1.82) is 0 Å². The second-order valence-corrected chi connectivity index (χ2v) is 7.40. The van der Waals surface area contributed by atoms with Crippen LogP contribution in [-0.2, 0) is 11.2 Å². The van der Waals surface area contributed by atoms with Crippen molar-refractivity contribution in [1.82, 2.24) is 19.9 Å². The minimum Gasteiger partial charge on any atom is -0.348 e. The Balaban J connectivity index is 1.53. The summed E-state index contributed by atoms with van der Waals surface area (Å²) in [6, 6.07) is 12.5. The Morgan fingerprint density at radius 3 is 2.79 bits per heavy atom. The van der Waals surface area contributed by atoms with E-state index in [4.69, 9.17) is 0 Å². The molecule has 2 N–H and O–H groups in total. The molecular formula is C20H17FN4O2S. The second-order valence-electron chi connectivity index (χ2n) is 6.45.